The Kier molecular flexibility index (Phi) is 3.00. The van der Waals surface area contributed by atoms with Crippen molar-refractivity contribution < 1.29 is 12.6 Å². The molecule has 6 heteroatoms. The summed E-state index contributed by atoms with van der Waals surface area (Å²) in [4.78, 5) is 0. The van der Waals surface area contributed by atoms with E-state index in [4.69, 9.17) is 4.18 Å². The molecule has 17 heavy (non-hydrogen) atoms. The molecule has 0 unspecified atom stereocenters. The molecule has 0 saturated heterocycles. The van der Waals surface area contributed by atoms with Crippen molar-refractivity contribution >= 4 is 26.2 Å². The van der Waals surface area contributed by atoms with Gasteiger partial charge in [-0.1, -0.05) is 26.8 Å². The first-order valence-electron chi connectivity index (χ1n) is 5.21. The minimum Gasteiger partial charge on any atom is -0.369 e. The summed E-state index contributed by atoms with van der Waals surface area (Å²) in [5.74, 6) is 0.386. The van der Waals surface area contributed by atoms with E-state index in [1.54, 1.807) is 0 Å². The molecule has 0 aliphatic carbocycles. The monoisotopic (exact) mass is 319 g/mol. The first kappa shape index (κ1) is 12.9. The summed E-state index contributed by atoms with van der Waals surface area (Å²) in [5, 5.41) is 0. The van der Waals surface area contributed by atoms with Crippen LogP contribution in [0.1, 0.15) is 31.9 Å². The zero-order valence-corrected chi connectivity index (χ0v) is 12.3. The van der Waals surface area contributed by atoms with Crippen LogP contribution >= 0.6 is 15.9 Å². The SMILES string of the molecule is CC(C)(C)c1cc(Br)c2c(c1)CNS(=O)(=O)O2. The summed E-state index contributed by atoms with van der Waals surface area (Å²) in [6.45, 7) is 6.58. The lowest BCUT2D eigenvalue weighted by Crippen LogP contribution is -2.33. The van der Waals surface area contributed by atoms with Crippen LogP contribution in [0.3, 0.4) is 0 Å². The van der Waals surface area contributed by atoms with E-state index in [0.717, 1.165) is 11.1 Å². The van der Waals surface area contributed by atoms with E-state index < -0.39 is 10.3 Å². The lowest BCUT2D eigenvalue weighted by molar-refractivity contribution is 0.451. The first-order chi connectivity index (χ1) is 7.69. The van der Waals surface area contributed by atoms with Crippen LogP contribution in [0.2, 0.25) is 0 Å². The molecule has 1 heterocycles. The quantitative estimate of drug-likeness (QED) is 0.799. The molecule has 0 saturated carbocycles. The number of hydrogen-bond donors (Lipinski definition) is 1. The third-order valence-electron chi connectivity index (χ3n) is 2.62. The summed E-state index contributed by atoms with van der Waals surface area (Å²) < 4.78 is 30.5. The summed E-state index contributed by atoms with van der Waals surface area (Å²) in [6.07, 6.45) is 0. The number of hydrogen-bond acceptors (Lipinski definition) is 3. The topological polar surface area (TPSA) is 55.4 Å². The fourth-order valence-electron chi connectivity index (χ4n) is 1.61. The van der Waals surface area contributed by atoms with Crippen LogP contribution in [0.5, 0.6) is 5.75 Å². The Morgan fingerprint density at radius 1 is 1.35 bits per heavy atom. The van der Waals surface area contributed by atoms with Gasteiger partial charge in [-0.2, -0.15) is 13.1 Å². The van der Waals surface area contributed by atoms with Crippen LogP contribution < -0.4 is 8.91 Å². The van der Waals surface area contributed by atoms with Gasteiger partial charge in [0, 0.05) is 12.1 Å². The molecular weight excluding hydrogens is 306 g/mol. The van der Waals surface area contributed by atoms with Crippen LogP contribution in [-0.2, 0) is 22.3 Å². The summed E-state index contributed by atoms with van der Waals surface area (Å²) in [6, 6.07) is 3.88. The van der Waals surface area contributed by atoms with Crippen molar-refractivity contribution in [1.29, 1.82) is 0 Å². The average Bonchev–Trinajstić information content (AvgIpc) is 2.16. The Morgan fingerprint density at radius 2 is 2.00 bits per heavy atom. The maximum atomic E-state index is 11.3. The molecule has 1 N–H and O–H groups in total. The lowest BCUT2D eigenvalue weighted by Gasteiger charge is -2.24. The number of rotatable bonds is 0. The van der Waals surface area contributed by atoms with Gasteiger partial charge in [-0.3, -0.25) is 0 Å². The van der Waals surface area contributed by atoms with E-state index >= 15 is 0 Å². The molecule has 0 atom stereocenters. The maximum absolute atomic E-state index is 11.3. The van der Waals surface area contributed by atoms with Crippen molar-refractivity contribution in [2.24, 2.45) is 0 Å². The Bertz CT molecular complexity index is 561. The summed E-state index contributed by atoms with van der Waals surface area (Å²) in [5.41, 5.74) is 1.99. The molecule has 2 rings (SSSR count). The maximum Gasteiger partial charge on any atom is 0.382 e. The highest BCUT2D eigenvalue weighted by Gasteiger charge is 2.26. The minimum absolute atomic E-state index is 0.00781. The van der Waals surface area contributed by atoms with E-state index in [-0.39, 0.29) is 12.0 Å². The van der Waals surface area contributed by atoms with E-state index in [0.29, 0.717) is 10.2 Å². The van der Waals surface area contributed by atoms with Crippen LogP contribution in [0.4, 0.5) is 0 Å². The molecule has 0 bridgehead atoms. The van der Waals surface area contributed by atoms with Crippen LogP contribution in [0, 0.1) is 0 Å². The predicted molar refractivity (Wildman–Crippen MR) is 69.2 cm³/mol. The Labute approximate surface area is 110 Å². The van der Waals surface area contributed by atoms with Crippen molar-refractivity contribution in [1.82, 2.24) is 4.72 Å². The zero-order chi connectivity index (χ0) is 12.8. The number of fused-ring (bicyclic) bond motifs is 1. The van der Waals surface area contributed by atoms with E-state index in [1.807, 2.05) is 12.1 Å². The van der Waals surface area contributed by atoms with Gasteiger partial charge in [0.15, 0.2) is 5.75 Å². The fraction of sp³-hybridized carbons (Fsp3) is 0.455. The third-order valence-corrected chi connectivity index (χ3v) is 4.09. The first-order valence-corrected chi connectivity index (χ1v) is 7.41. The molecule has 1 aromatic carbocycles. The molecule has 0 fully saturated rings. The molecule has 0 aromatic heterocycles. The average molecular weight is 320 g/mol. The number of benzene rings is 1. The standard InChI is InChI=1S/C11H14BrNO3S/c1-11(2,3)8-4-7-6-13-17(14,15)16-10(7)9(12)5-8/h4-5,13H,6H2,1-3H3. The van der Waals surface area contributed by atoms with E-state index in [9.17, 15) is 8.42 Å². The van der Waals surface area contributed by atoms with Gasteiger partial charge in [-0.15, -0.1) is 0 Å². The second-order valence-corrected chi connectivity index (χ2v) is 7.27. The minimum atomic E-state index is -3.65. The molecular formula is C11H14BrNO3S. The largest absolute Gasteiger partial charge is 0.382 e. The van der Waals surface area contributed by atoms with Crippen molar-refractivity contribution in [2.75, 3.05) is 0 Å². The zero-order valence-electron chi connectivity index (χ0n) is 9.87. The van der Waals surface area contributed by atoms with Gasteiger partial charge < -0.3 is 4.18 Å². The molecule has 94 valence electrons. The molecule has 1 aromatic rings. The van der Waals surface area contributed by atoms with Crippen molar-refractivity contribution in [3.8, 4) is 5.75 Å². The van der Waals surface area contributed by atoms with Gasteiger partial charge in [0.1, 0.15) is 0 Å². The number of halogens is 1. The second kappa shape index (κ2) is 3.96. The Balaban J connectivity index is 2.55. The van der Waals surface area contributed by atoms with Gasteiger partial charge in [-0.05, 0) is 33.0 Å². The molecule has 0 radical (unpaired) electrons. The highest BCUT2D eigenvalue weighted by Crippen LogP contribution is 2.37. The summed E-state index contributed by atoms with van der Waals surface area (Å²) >= 11 is 3.36. The fourth-order valence-corrected chi connectivity index (χ4v) is 3.11. The number of nitrogens with one attached hydrogen (secondary N) is 1. The molecule has 0 amide bonds. The van der Waals surface area contributed by atoms with Crippen LogP contribution in [0.25, 0.3) is 0 Å². The van der Waals surface area contributed by atoms with E-state index in [1.165, 1.54) is 0 Å². The molecule has 4 nitrogen and oxygen atoms in total. The van der Waals surface area contributed by atoms with Crippen LogP contribution in [-0.4, -0.2) is 8.42 Å². The molecule has 1 aliphatic heterocycles. The third kappa shape index (κ3) is 2.64. The van der Waals surface area contributed by atoms with E-state index in [2.05, 4.69) is 41.4 Å². The lowest BCUT2D eigenvalue weighted by atomic mass is 9.86. The molecule has 0 spiro atoms. The molecule has 1 aliphatic rings. The normalized spacial score (nSPS) is 18.4. The summed E-state index contributed by atoms with van der Waals surface area (Å²) in [7, 11) is -3.65. The van der Waals surface area contributed by atoms with Gasteiger partial charge in [-0.25, -0.2) is 0 Å². The van der Waals surface area contributed by atoms with Crippen molar-refractivity contribution in [3.05, 3.63) is 27.7 Å². The smallest absolute Gasteiger partial charge is 0.369 e. The Hall–Kier alpha value is -0.590. The van der Waals surface area contributed by atoms with Gasteiger partial charge >= 0.3 is 10.3 Å². The van der Waals surface area contributed by atoms with Gasteiger partial charge in [0.25, 0.3) is 0 Å². The second-order valence-electron chi connectivity index (χ2n) is 5.05. The van der Waals surface area contributed by atoms with Gasteiger partial charge in [0.05, 0.1) is 4.47 Å². The predicted octanol–water partition coefficient (Wildman–Crippen LogP) is 2.47. The Morgan fingerprint density at radius 3 is 2.59 bits per heavy atom. The van der Waals surface area contributed by atoms with Crippen LogP contribution in [0.15, 0.2) is 16.6 Å². The highest BCUT2D eigenvalue weighted by molar-refractivity contribution is 9.10. The highest BCUT2D eigenvalue weighted by atomic mass is 79.9. The van der Waals surface area contributed by atoms with Gasteiger partial charge in [0.2, 0.25) is 0 Å². The van der Waals surface area contributed by atoms with Crippen molar-refractivity contribution in [2.45, 2.75) is 32.7 Å². The van der Waals surface area contributed by atoms with Crippen molar-refractivity contribution in [3.63, 3.8) is 0 Å².